The maximum Gasteiger partial charge on any atom is 0.337 e. The molecule has 2 N–H and O–H groups in total. The molecule has 2 rings (SSSR count). The molecule has 0 aliphatic heterocycles. The number of rotatable bonds is 6. The van der Waals surface area contributed by atoms with Gasteiger partial charge in [-0.2, -0.15) is 0 Å². The number of nitrogens with one attached hydrogen (secondary N) is 2. The topological polar surface area (TPSA) is 84.5 Å². The molecule has 2 aromatic carbocycles. The molecule has 2 aromatic rings. The molecule has 0 aromatic heterocycles. The maximum atomic E-state index is 12.2. The fourth-order valence-corrected chi connectivity index (χ4v) is 2.32. The number of amides is 1. The summed E-state index contributed by atoms with van der Waals surface area (Å²) in [6, 6.07) is 11.9. The molecule has 0 atom stereocenters. The first-order valence-corrected chi connectivity index (χ1v) is 7.75. The van der Waals surface area contributed by atoms with Crippen molar-refractivity contribution in [1.82, 2.24) is 0 Å². The van der Waals surface area contributed by atoms with Crippen LogP contribution in [0, 0.1) is 6.92 Å². The second kappa shape index (κ2) is 8.10. The number of hydrogen-bond acceptors (Lipinski definition) is 5. The molecule has 0 radical (unpaired) electrons. The predicted octanol–water partition coefficient (Wildman–Crippen LogP) is 3.03. The van der Waals surface area contributed by atoms with E-state index >= 15 is 0 Å². The summed E-state index contributed by atoms with van der Waals surface area (Å²) in [5.41, 5.74) is 2.85. The lowest BCUT2D eigenvalue weighted by molar-refractivity contribution is -0.114. The molecule has 0 heterocycles. The van der Waals surface area contributed by atoms with Crippen molar-refractivity contribution in [3.05, 3.63) is 59.2 Å². The van der Waals surface area contributed by atoms with E-state index in [-0.39, 0.29) is 18.2 Å². The first kappa shape index (κ1) is 18.2. The van der Waals surface area contributed by atoms with Gasteiger partial charge in [0.05, 0.1) is 19.2 Å². The Kier molecular flexibility index (Phi) is 5.89. The van der Waals surface area contributed by atoms with Gasteiger partial charge in [-0.25, -0.2) is 4.79 Å². The van der Waals surface area contributed by atoms with Crippen LogP contribution in [-0.2, 0) is 9.53 Å². The molecule has 0 unspecified atom stereocenters. The Morgan fingerprint density at radius 3 is 2.44 bits per heavy atom. The molecule has 0 fully saturated rings. The number of Topliss-reactive ketones (excluding diaryl/α,β-unsaturated/α-hetero) is 1. The zero-order valence-corrected chi connectivity index (χ0v) is 14.4. The molecule has 1 amide bonds. The highest BCUT2D eigenvalue weighted by molar-refractivity contribution is 6.01. The highest BCUT2D eigenvalue weighted by atomic mass is 16.5. The van der Waals surface area contributed by atoms with Gasteiger partial charge in [-0.15, -0.1) is 0 Å². The molecule has 0 saturated heterocycles. The van der Waals surface area contributed by atoms with Gasteiger partial charge in [-0.3, -0.25) is 9.59 Å². The Bertz CT molecular complexity index is 815. The molecule has 25 heavy (non-hydrogen) atoms. The third-order valence-electron chi connectivity index (χ3n) is 3.68. The molecule has 0 bridgehead atoms. The van der Waals surface area contributed by atoms with E-state index in [4.69, 9.17) is 0 Å². The van der Waals surface area contributed by atoms with Gasteiger partial charge in [-0.05, 0) is 43.7 Å². The van der Waals surface area contributed by atoms with Crippen LogP contribution in [0.3, 0.4) is 0 Å². The smallest absolute Gasteiger partial charge is 0.337 e. The van der Waals surface area contributed by atoms with Crippen molar-refractivity contribution in [2.24, 2.45) is 0 Å². The van der Waals surface area contributed by atoms with Crippen LogP contribution < -0.4 is 10.6 Å². The number of aryl methyl sites for hydroxylation is 1. The van der Waals surface area contributed by atoms with Crippen molar-refractivity contribution < 1.29 is 19.1 Å². The summed E-state index contributed by atoms with van der Waals surface area (Å²) in [6.45, 7) is 3.30. The molecule has 6 heteroatoms. The largest absolute Gasteiger partial charge is 0.465 e. The third kappa shape index (κ3) is 4.67. The van der Waals surface area contributed by atoms with E-state index in [1.165, 1.54) is 14.0 Å². The zero-order valence-electron chi connectivity index (χ0n) is 14.4. The Labute approximate surface area is 146 Å². The number of ketones is 1. The predicted molar refractivity (Wildman–Crippen MR) is 96.1 cm³/mol. The fraction of sp³-hybridized carbons (Fsp3) is 0.211. The Morgan fingerprint density at radius 1 is 1.04 bits per heavy atom. The number of carbonyl (C=O) groups is 3. The van der Waals surface area contributed by atoms with Crippen molar-refractivity contribution in [1.29, 1.82) is 0 Å². The summed E-state index contributed by atoms with van der Waals surface area (Å²) in [5.74, 6) is -0.836. The highest BCUT2D eigenvalue weighted by Crippen LogP contribution is 2.18. The van der Waals surface area contributed by atoms with E-state index in [2.05, 4.69) is 15.4 Å². The van der Waals surface area contributed by atoms with Gasteiger partial charge in [0.2, 0.25) is 5.91 Å². The van der Waals surface area contributed by atoms with E-state index in [1.807, 2.05) is 6.92 Å². The second-order valence-corrected chi connectivity index (χ2v) is 5.52. The lowest BCUT2D eigenvalue weighted by Crippen LogP contribution is -2.23. The van der Waals surface area contributed by atoms with Crippen molar-refractivity contribution >= 4 is 29.0 Å². The Morgan fingerprint density at radius 2 is 1.76 bits per heavy atom. The molecule has 0 aliphatic rings. The molecule has 0 saturated carbocycles. The maximum absolute atomic E-state index is 12.2. The van der Waals surface area contributed by atoms with E-state index < -0.39 is 5.97 Å². The fourth-order valence-electron chi connectivity index (χ4n) is 2.32. The number of methoxy groups -OCH3 is 1. The first-order chi connectivity index (χ1) is 11.9. The molecule has 0 aliphatic carbocycles. The monoisotopic (exact) mass is 340 g/mol. The second-order valence-electron chi connectivity index (χ2n) is 5.52. The lowest BCUT2D eigenvalue weighted by atomic mass is 10.1. The van der Waals surface area contributed by atoms with Gasteiger partial charge >= 0.3 is 5.97 Å². The minimum absolute atomic E-state index is 0.00775. The quantitative estimate of drug-likeness (QED) is 0.624. The molecule has 130 valence electrons. The van der Waals surface area contributed by atoms with E-state index in [0.29, 0.717) is 22.5 Å². The van der Waals surface area contributed by atoms with Crippen molar-refractivity contribution in [2.75, 3.05) is 24.3 Å². The molecule has 0 spiro atoms. The summed E-state index contributed by atoms with van der Waals surface area (Å²) in [5, 5.41) is 5.71. The lowest BCUT2D eigenvalue weighted by Gasteiger charge is -2.12. The first-order valence-electron chi connectivity index (χ1n) is 7.75. The Hall–Kier alpha value is -3.15. The number of benzene rings is 2. The van der Waals surface area contributed by atoms with Gasteiger partial charge in [-0.1, -0.05) is 18.2 Å². The highest BCUT2D eigenvalue weighted by Gasteiger charge is 2.11. The van der Waals surface area contributed by atoms with Gasteiger partial charge in [0, 0.05) is 16.9 Å². The van der Waals surface area contributed by atoms with Crippen LogP contribution in [0.4, 0.5) is 11.4 Å². The van der Waals surface area contributed by atoms with Crippen molar-refractivity contribution in [3.8, 4) is 0 Å². The van der Waals surface area contributed by atoms with Gasteiger partial charge < -0.3 is 15.4 Å². The number of carbonyl (C=O) groups excluding carboxylic acids is 3. The number of esters is 1. The van der Waals surface area contributed by atoms with Gasteiger partial charge in [0.15, 0.2) is 5.78 Å². The van der Waals surface area contributed by atoms with Crippen molar-refractivity contribution in [2.45, 2.75) is 13.8 Å². The van der Waals surface area contributed by atoms with Gasteiger partial charge in [0.25, 0.3) is 0 Å². The van der Waals surface area contributed by atoms with Crippen LogP contribution in [0.1, 0.15) is 33.2 Å². The average Bonchev–Trinajstić information content (AvgIpc) is 2.61. The van der Waals surface area contributed by atoms with Crippen LogP contribution in [0.15, 0.2) is 42.5 Å². The summed E-state index contributed by atoms with van der Waals surface area (Å²) in [7, 11) is 1.30. The zero-order chi connectivity index (χ0) is 18.4. The van der Waals surface area contributed by atoms with E-state index in [9.17, 15) is 14.4 Å². The van der Waals surface area contributed by atoms with E-state index in [1.54, 1.807) is 42.5 Å². The molecule has 6 nitrogen and oxygen atoms in total. The van der Waals surface area contributed by atoms with E-state index in [0.717, 1.165) is 5.56 Å². The summed E-state index contributed by atoms with van der Waals surface area (Å²) in [4.78, 5) is 35.4. The Balaban J connectivity index is 2.06. The number of hydrogen-bond donors (Lipinski definition) is 2. The minimum atomic E-state index is -0.469. The van der Waals surface area contributed by atoms with Crippen LogP contribution in [0.2, 0.25) is 0 Å². The van der Waals surface area contributed by atoms with Crippen LogP contribution >= 0.6 is 0 Å². The average molecular weight is 340 g/mol. The number of para-hydroxylation sites is 1. The van der Waals surface area contributed by atoms with Crippen LogP contribution in [0.5, 0.6) is 0 Å². The molecular formula is C19H20N2O4. The van der Waals surface area contributed by atoms with Crippen LogP contribution in [-0.4, -0.2) is 31.3 Å². The summed E-state index contributed by atoms with van der Waals surface area (Å²) >= 11 is 0. The van der Waals surface area contributed by atoms with Crippen LogP contribution in [0.25, 0.3) is 0 Å². The standard InChI is InChI=1S/C19H20N2O4/c1-12-8-9-14(19(24)25-3)10-17(12)21-18(23)11-20-16-7-5-4-6-15(16)13(2)22/h4-10,20H,11H2,1-3H3,(H,21,23). The van der Waals surface area contributed by atoms with Gasteiger partial charge in [0.1, 0.15) is 0 Å². The normalized spacial score (nSPS) is 10.0. The third-order valence-corrected chi connectivity index (χ3v) is 3.68. The summed E-state index contributed by atoms with van der Waals surface area (Å²) < 4.78 is 4.68. The van der Waals surface area contributed by atoms with Crippen molar-refractivity contribution in [3.63, 3.8) is 0 Å². The number of ether oxygens (including phenoxy) is 1. The minimum Gasteiger partial charge on any atom is -0.465 e. The molecular weight excluding hydrogens is 320 g/mol. The number of anilines is 2. The SMILES string of the molecule is COC(=O)c1ccc(C)c(NC(=O)CNc2ccccc2C(C)=O)c1. The summed E-state index contributed by atoms with van der Waals surface area (Å²) in [6.07, 6.45) is 0.